The number of rotatable bonds is 6. The Bertz CT molecular complexity index is 670. The van der Waals surface area contributed by atoms with Crippen LogP contribution in [0.5, 0.6) is 5.75 Å². The molecule has 0 fully saturated rings. The molecule has 0 unspecified atom stereocenters. The number of methoxy groups -OCH3 is 1. The molecule has 2 atom stereocenters. The van der Waals surface area contributed by atoms with Crippen molar-refractivity contribution in [1.29, 1.82) is 0 Å². The summed E-state index contributed by atoms with van der Waals surface area (Å²) in [5.74, 6) is 6.67. The number of hydrogen-bond acceptors (Lipinski definition) is 3. The first kappa shape index (κ1) is 16.8. The number of carbonyl (C=O) groups excluding carboxylic acids is 1. The van der Waals surface area contributed by atoms with E-state index in [4.69, 9.17) is 10.6 Å². The quantitative estimate of drug-likeness (QED) is 0.384. The summed E-state index contributed by atoms with van der Waals surface area (Å²) < 4.78 is 5.27. The molecule has 0 radical (unpaired) electrons. The van der Waals surface area contributed by atoms with Gasteiger partial charge in [-0.3, -0.25) is 9.80 Å². The second kappa shape index (κ2) is 7.61. The summed E-state index contributed by atoms with van der Waals surface area (Å²) in [5.41, 5.74) is 1.46. The standard InChI is InChI=1S/C19H22N2O2/c1-4-14(2)18(16-11-8-12-17(13-16)23-3)21(20)19(22)15-9-6-5-7-10-15/h4-14,18H,1,20H2,2-3H3/t14-,18-/m1/s1. The van der Waals surface area contributed by atoms with Crippen molar-refractivity contribution in [2.75, 3.05) is 7.11 Å². The number of nitrogens with two attached hydrogens (primary N) is 1. The second-order valence-electron chi connectivity index (χ2n) is 5.39. The number of hydrazine groups is 1. The maximum Gasteiger partial charge on any atom is 0.268 e. The van der Waals surface area contributed by atoms with Crippen LogP contribution in [-0.4, -0.2) is 18.0 Å². The number of hydrogen-bond donors (Lipinski definition) is 1. The summed E-state index contributed by atoms with van der Waals surface area (Å²) in [6, 6.07) is 16.3. The number of ether oxygens (including phenoxy) is 1. The Balaban J connectivity index is 2.38. The van der Waals surface area contributed by atoms with E-state index in [0.29, 0.717) is 5.56 Å². The fourth-order valence-corrected chi connectivity index (χ4v) is 2.53. The van der Waals surface area contributed by atoms with Crippen LogP contribution in [0.25, 0.3) is 0 Å². The van der Waals surface area contributed by atoms with Crippen LogP contribution < -0.4 is 10.6 Å². The number of carbonyl (C=O) groups is 1. The SMILES string of the molecule is C=C[C@@H](C)[C@H](c1cccc(OC)c1)N(N)C(=O)c1ccccc1. The lowest BCUT2D eigenvalue weighted by Gasteiger charge is -2.31. The highest BCUT2D eigenvalue weighted by Gasteiger charge is 2.27. The fourth-order valence-electron chi connectivity index (χ4n) is 2.53. The molecule has 0 aliphatic rings. The number of amides is 1. The molecule has 2 aromatic carbocycles. The van der Waals surface area contributed by atoms with E-state index in [0.717, 1.165) is 11.3 Å². The van der Waals surface area contributed by atoms with Gasteiger partial charge in [0, 0.05) is 5.56 Å². The summed E-state index contributed by atoms with van der Waals surface area (Å²) in [5, 5.41) is 1.27. The van der Waals surface area contributed by atoms with E-state index in [2.05, 4.69) is 6.58 Å². The van der Waals surface area contributed by atoms with Gasteiger partial charge in [0.25, 0.3) is 5.91 Å². The lowest BCUT2D eigenvalue weighted by Crippen LogP contribution is -2.43. The van der Waals surface area contributed by atoms with Crippen LogP contribution in [0.2, 0.25) is 0 Å². The van der Waals surface area contributed by atoms with E-state index in [9.17, 15) is 4.79 Å². The average Bonchev–Trinajstić information content (AvgIpc) is 2.61. The first-order chi connectivity index (χ1) is 11.1. The molecular formula is C19H22N2O2. The third-order valence-electron chi connectivity index (χ3n) is 3.86. The highest BCUT2D eigenvalue weighted by atomic mass is 16.5. The van der Waals surface area contributed by atoms with Gasteiger partial charge in [0.1, 0.15) is 5.75 Å². The van der Waals surface area contributed by atoms with E-state index >= 15 is 0 Å². The molecule has 0 saturated carbocycles. The highest BCUT2D eigenvalue weighted by Crippen LogP contribution is 2.30. The van der Waals surface area contributed by atoms with Gasteiger partial charge >= 0.3 is 0 Å². The first-order valence-corrected chi connectivity index (χ1v) is 7.48. The molecule has 2 aromatic rings. The van der Waals surface area contributed by atoms with Crippen LogP contribution in [0, 0.1) is 5.92 Å². The molecule has 2 N–H and O–H groups in total. The molecule has 4 nitrogen and oxygen atoms in total. The molecular weight excluding hydrogens is 288 g/mol. The highest BCUT2D eigenvalue weighted by molar-refractivity contribution is 5.94. The van der Waals surface area contributed by atoms with E-state index < -0.39 is 0 Å². The van der Waals surface area contributed by atoms with Crippen molar-refractivity contribution in [2.24, 2.45) is 11.8 Å². The Morgan fingerprint density at radius 1 is 1.22 bits per heavy atom. The van der Waals surface area contributed by atoms with Gasteiger partial charge in [0.15, 0.2) is 0 Å². The Morgan fingerprint density at radius 2 is 1.91 bits per heavy atom. The van der Waals surface area contributed by atoms with Gasteiger partial charge in [0.05, 0.1) is 13.2 Å². The minimum atomic E-state index is -0.324. The first-order valence-electron chi connectivity index (χ1n) is 7.48. The van der Waals surface area contributed by atoms with Crippen molar-refractivity contribution in [1.82, 2.24) is 5.01 Å². The van der Waals surface area contributed by atoms with Crippen molar-refractivity contribution in [3.63, 3.8) is 0 Å². The summed E-state index contributed by atoms with van der Waals surface area (Å²) in [4.78, 5) is 12.7. The van der Waals surface area contributed by atoms with Crippen molar-refractivity contribution < 1.29 is 9.53 Å². The number of nitrogens with zero attached hydrogens (tertiary/aromatic N) is 1. The zero-order valence-corrected chi connectivity index (χ0v) is 13.5. The van der Waals surface area contributed by atoms with Gasteiger partial charge < -0.3 is 4.74 Å². The molecule has 0 aliphatic carbocycles. The Morgan fingerprint density at radius 3 is 2.52 bits per heavy atom. The third-order valence-corrected chi connectivity index (χ3v) is 3.86. The smallest absolute Gasteiger partial charge is 0.268 e. The monoisotopic (exact) mass is 310 g/mol. The lowest BCUT2D eigenvalue weighted by atomic mass is 9.93. The molecule has 23 heavy (non-hydrogen) atoms. The van der Waals surface area contributed by atoms with E-state index in [1.165, 1.54) is 5.01 Å². The van der Waals surface area contributed by atoms with E-state index in [1.807, 2.05) is 49.4 Å². The molecule has 2 rings (SSSR count). The number of benzene rings is 2. The predicted octanol–water partition coefficient (Wildman–Crippen LogP) is 3.57. The van der Waals surface area contributed by atoms with Crippen molar-refractivity contribution in [2.45, 2.75) is 13.0 Å². The molecule has 0 heterocycles. The third kappa shape index (κ3) is 3.79. The summed E-state index contributed by atoms with van der Waals surface area (Å²) in [6.07, 6.45) is 1.79. The van der Waals surface area contributed by atoms with Gasteiger partial charge in [-0.1, -0.05) is 43.3 Å². The van der Waals surface area contributed by atoms with Gasteiger partial charge in [-0.15, -0.1) is 6.58 Å². The molecule has 4 heteroatoms. The average molecular weight is 310 g/mol. The van der Waals surface area contributed by atoms with Crippen LogP contribution in [0.15, 0.2) is 67.3 Å². The van der Waals surface area contributed by atoms with Crippen molar-refractivity contribution in [3.05, 3.63) is 78.4 Å². The van der Waals surface area contributed by atoms with Crippen LogP contribution in [-0.2, 0) is 0 Å². The van der Waals surface area contributed by atoms with Gasteiger partial charge in [0.2, 0.25) is 0 Å². The van der Waals surface area contributed by atoms with Crippen molar-refractivity contribution >= 4 is 5.91 Å². The minimum absolute atomic E-state index is 0.0141. The van der Waals surface area contributed by atoms with Gasteiger partial charge in [-0.05, 0) is 35.7 Å². The Kier molecular flexibility index (Phi) is 5.55. The van der Waals surface area contributed by atoms with Crippen LogP contribution in [0.1, 0.15) is 28.9 Å². The molecule has 120 valence electrons. The van der Waals surface area contributed by atoms with Crippen LogP contribution in [0.4, 0.5) is 0 Å². The predicted molar refractivity (Wildman–Crippen MR) is 91.9 cm³/mol. The summed E-state index contributed by atoms with van der Waals surface area (Å²) >= 11 is 0. The fraction of sp³-hybridized carbons (Fsp3) is 0.211. The molecule has 0 aliphatic heterocycles. The van der Waals surface area contributed by atoms with E-state index in [1.54, 1.807) is 25.3 Å². The van der Waals surface area contributed by atoms with Crippen LogP contribution in [0.3, 0.4) is 0 Å². The van der Waals surface area contributed by atoms with Gasteiger partial charge in [-0.25, -0.2) is 5.84 Å². The zero-order chi connectivity index (χ0) is 16.8. The largest absolute Gasteiger partial charge is 0.497 e. The van der Waals surface area contributed by atoms with Gasteiger partial charge in [-0.2, -0.15) is 0 Å². The molecule has 0 saturated heterocycles. The lowest BCUT2D eigenvalue weighted by molar-refractivity contribution is 0.0636. The second-order valence-corrected chi connectivity index (χ2v) is 5.39. The summed E-state index contributed by atoms with van der Waals surface area (Å²) in [7, 11) is 1.61. The maximum atomic E-state index is 12.7. The molecule has 0 bridgehead atoms. The minimum Gasteiger partial charge on any atom is -0.497 e. The zero-order valence-electron chi connectivity index (χ0n) is 13.5. The van der Waals surface area contributed by atoms with E-state index in [-0.39, 0.29) is 17.9 Å². The molecule has 0 spiro atoms. The Labute approximate surface area is 137 Å². The maximum absolute atomic E-state index is 12.7. The summed E-state index contributed by atoms with van der Waals surface area (Å²) in [6.45, 7) is 5.82. The Hall–Kier alpha value is -2.59. The topological polar surface area (TPSA) is 55.6 Å². The normalized spacial score (nSPS) is 13.0. The van der Waals surface area contributed by atoms with Crippen LogP contribution >= 0.6 is 0 Å². The van der Waals surface area contributed by atoms with Crippen molar-refractivity contribution in [3.8, 4) is 5.75 Å². The molecule has 0 aromatic heterocycles. The molecule has 1 amide bonds.